The molecule has 3 heteroatoms. The normalized spacial score (nSPS) is 11.6. The Morgan fingerprint density at radius 1 is 0.318 bits per heavy atom. The van der Waals surface area contributed by atoms with Crippen LogP contribution in [0, 0.1) is 0 Å². The van der Waals surface area contributed by atoms with Crippen molar-refractivity contribution in [2.24, 2.45) is 0 Å². The van der Waals surface area contributed by atoms with Crippen molar-refractivity contribution in [3.05, 3.63) is 164 Å². The molecule has 9 rings (SSSR count). The van der Waals surface area contributed by atoms with Crippen molar-refractivity contribution in [1.82, 2.24) is 14.1 Å². The Bertz CT molecular complexity index is 2470. The molecule has 0 unspecified atom stereocenters. The average Bonchev–Trinajstić information content (AvgIpc) is 3.61. The summed E-state index contributed by atoms with van der Waals surface area (Å²) in [4.78, 5) is 4.23. The smallest absolute Gasteiger partial charge is 0.0541 e. The molecule has 0 aliphatic rings. The van der Waals surface area contributed by atoms with E-state index in [-0.39, 0.29) is 0 Å². The van der Waals surface area contributed by atoms with Gasteiger partial charge in [0, 0.05) is 45.3 Å². The molecule has 0 radical (unpaired) electrons. The summed E-state index contributed by atoms with van der Waals surface area (Å²) >= 11 is 0. The summed E-state index contributed by atoms with van der Waals surface area (Å²) in [6.07, 6.45) is 3.71. The van der Waals surface area contributed by atoms with E-state index < -0.39 is 0 Å². The average molecular weight is 562 g/mol. The van der Waals surface area contributed by atoms with Gasteiger partial charge in [-0.1, -0.05) is 72.8 Å². The lowest BCUT2D eigenvalue weighted by molar-refractivity contribution is 1.18. The third-order valence-electron chi connectivity index (χ3n) is 8.81. The molecular formula is C41H27N3. The van der Waals surface area contributed by atoms with E-state index in [9.17, 15) is 0 Å². The molecule has 0 fully saturated rings. The molecule has 0 amide bonds. The molecule has 206 valence electrons. The maximum absolute atomic E-state index is 4.23. The van der Waals surface area contributed by atoms with Gasteiger partial charge in [0.15, 0.2) is 0 Å². The van der Waals surface area contributed by atoms with Crippen LogP contribution in [0.3, 0.4) is 0 Å². The summed E-state index contributed by atoms with van der Waals surface area (Å²) in [7, 11) is 0. The number of rotatable bonds is 4. The Morgan fingerprint density at radius 3 is 1.25 bits per heavy atom. The second-order valence-electron chi connectivity index (χ2n) is 11.3. The van der Waals surface area contributed by atoms with E-state index in [0.717, 1.165) is 5.69 Å². The fourth-order valence-corrected chi connectivity index (χ4v) is 6.79. The molecule has 44 heavy (non-hydrogen) atoms. The van der Waals surface area contributed by atoms with Crippen LogP contribution in [0.1, 0.15) is 0 Å². The summed E-state index contributed by atoms with van der Waals surface area (Å²) in [6, 6.07) is 54.7. The van der Waals surface area contributed by atoms with Gasteiger partial charge in [0.2, 0.25) is 0 Å². The van der Waals surface area contributed by atoms with E-state index in [1.807, 2.05) is 12.4 Å². The zero-order chi connectivity index (χ0) is 29.0. The molecule has 0 atom stereocenters. The third-order valence-corrected chi connectivity index (χ3v) is 8.81. The van der Waals surface area contributed by atoms with Crippen LogP contribution in [0.15, 0.2) is 164 Å². The first kappa shape index (κ1) is 24.6. The maximum atomic E-state index is 4.23. The predicted molar refractivity (Wildman–Crippen MR) is 184 cm³/mol. The first-order valence-corrected chi connectivity index (χ1v) is 15.0. The lowest BCUT2D eigenvalue weighted by Gasteiger charge is -2.09. The number of hydrogen-bond donors (Lipinski definition) is 0. The van der Waals surface area contributed by atoms with Gasteiger partial charge in [-0.2, -0.15) is 0 Å². The van der Waals surface area contributed by atoms with Gasteiger partial charge in [0.1, 0.15) is 0 Å². The van der Waals surface area contributed by atoms with Gasteiger partial charge in [0.05, 0.1) is 22.1 Å². The zero-order valence-corrected chi connectivity index (χ0v) is 23.9. The van der Waals surface area contributed by atoms with Gasteiger partial charge in [0.25, 0.3) is 0 Å². The lowest BCUT2D eigenvalue weighted by atomic mass is 9.99. The topological polar surface area (TPSA) is 22.8 Å². The molecule has 0 spiro atoms. The Kier molecular flexibility index (Phi) is 5.50. The predicted octanol–water partition coefficient (Wildman–Crippen LogP) is 10.6. The van der Waals surface area contributed by atoms with E-state index in [2.05, 4.69) is 166 Å². The molecule has 3 nitrogen and oxygen atoms in total. The van der Waals surface area contributed by atoms with Crippen LogP contribution in [0.25, 0.3) is 77.2 Å². The Hall–Kier alpha value is -5.93. The number of fused-ring (bicyclic) bond motifs is 6. The molecule has 6 aromatic carbocycles. The first-order valence-electron chi connectivity index (χ1n) is 15.0. The zero-order valence-electron chi connectivity index (χ0n) is 23.9. The third kappa shape index (κ3) is 3.80. The molecule has 3 heterocycles. The summed E-state index contributed by atoms with van der Waals surface area (Å²) in [5, 5.41) is 5.00. The minimum absolute atomic E-state index is 1.16. The molecular weight excluding hydrogens is 534 g/mol. The summed E-state index contributed by atoms with van der Waals surface area (Å²) in [6.45, 7) is 0. The summed E-state index contributed by atoms with van der Waals surface area (Å²) in [5.41, 5.74) is 11.9. The fraction of sp³-hybridized carbons (Fsp3) is 0. The Labute approximate surface area is 254 Å². The highest BCUT2D eigenvalue weighted by atomic mass is 15.0. The minimum atomic E-state index is 1.16. The largest absolute Gasteiger partial charge is 0.309 e. The van der Waals surface area contributed by atoms with Gasteiger partial charge in [-0.25, -0.2) is 0 Å². The van der Waals surface area contributed by atoms with Gasteiger partial charge >= 0.3 is 0 Å². The van der Waals surface area contributed by atoms with Gasteiger partial charge in [-0.3, -0.25) is 4.98 Å². The quantitative estimate of drug-likeness (QED) is 0.210. The van der Waals surface area contributed by atoms with Crippen LogP contribution in [0.4, 0.5) is 0 Å². The molecule has 0 N–H and O–H groups in total. The molecule has 0 aliphatic carbocycles. The second-order valence-corrected chi connectivity index (χ2v) is 11.3. The molecule has 0 saturated carbocycles. The van der Waals surface area contributed by atoms with Crippen LogP contribution < -0.4 is 0 Å². The summed E-state index contributed by atoms with van der Waals surface area (Å²) in [5.74, 6) is 0. The minimum Gasteiger partial charge on any atom is -0.309 e. The van der Waals surface area contributed by atoms with Crippen molar-refractivity contribution in [1.29, 1.82) is 0 Å². The van der Waals surface area contributed by atoms with Crippen molar-refractivity contribution in [3.63, 3.8) is 0 Å². The van der Waals surface area contributed by atoms with Gasteiger partial charge in [-0.15, -0.1) is 0 Å². The number of aromatic nitrogens is 3. The number of benzene rings is 6. The van der Waals surface area contributed by atoms with Crippen LogP contribution in [-0.2, 0) is 0 Å². The highest BCUT2D eigenvalue weighted by molar-refractivity contribution is 6.13. The van der Waals surface area contributed by atoms with E-state index in [1.165, 1.54) is 71.6 Å². The molecule has 9 aromatic rings. The second kappa shape index (κ2) is 9.82. The molecule has 0 aliphatic heterocycles. The Balaban J connectivity index is 1.28. The maximum Gasteiger partial charge on any atom is 0.0541 e. The fourth-order valence-electron chi connectivity index (χ4n) is 6.79. The number of nitrogens with zero attached hydrogens (tertiary/aromatic N) is 3. The van der Waals surface area contributed by atoms with Gasteiger partial charge in [-0.05, 0) is 101 Å². The van der Waals surface area contributed by atoms with E-state index in [0.29, 0.717) is 0 Å². The number of hydrogen-bond acceptors (Lipinski definition) is 1. The molecule has 0 saturated heterocycles. The SMILES string of the molecule is c1ccc(-n2c3ccccc3c3cc(-c4ccc5c(c4)c4cc(-c6ccncc6)ccc4n5-c4ccccc4)ccc32)cc1. The van der Waals surface area contributed by atoms with Crippen LogP contribution in [0.5, 0.6) is 0 Å². The van der Waals surface area contributed by atoms with Crippen LogP contribution in [0.2, 0.25) is 0 Å². The number of para-hydroxylation sites is 3. The first-order chi connectivity index (χ1) is 21.8. The highest BCUT2D eigenvalue weighted by Gasteiger charge is 2.16. The lowest BCUT2D eigenvalue weighted by Crippen LogP contribution is -1.93. The van der Waals surface area contributed by atoms with Crippen molar-refractivity contribution in [2.45, 2.75) is 0 Å². The monoisotopic (exact) mass is 561 g/mol. The number of pyridine rings is 1. The van der Waals surface area contributed by atoms with Crippen molar-refractivity contribution >= 4 is 43.6 Å². The summed E-state index contributed by atoms with van der Waals surface area (Å²) < 4.78 is 4.74. The van der Waals surface area contributed by atoms with Crippen molar-refractivity contribution in [3.8, 4) is 33.6 Å². The van der Waals surface area contributed by atoms with Crippen LogP contribution >= 0.6 is 0 Å². The standard InChI is InChI=1S/C41H27N3/c1-3-9-32(10-4-1)43-38-14-8-7-13-34(38)35-26-30(16-19-39(35)43)31-17-20-41-37(27-31)36-25-29(28-21-23-42-24-22-28)15-18-40(36)44(41)33-11-5-2-6-12-33/h1-27H. The molecule has 0 bridgehead atoms. The van der Waals surface area contributed by atoms with Crippen molar-refractivity contribution < 1.29 is 0 Å². The Morgan fingerprint density at radius 2 is 0.727 bits per heavy atom. The van der Waals surface area contributed by atoms with E-state index >= 15 is 0 Å². The van der Waals surface area contributed by atoms with E-state index in [4.69, 9.17) is 0 Å². The molecule has 3 aromatic heterocycles. The van der Waals surface area contributed by atoms with Crippen molar-refractivity contribution in [2.75, 3.05) is 0 Å². The van der Waals surface area contributed by atoms with Crippen LogP contribution in [-0.4, -0.2) is 14.1 Å². The van der Waals surface area contributed by atoms with Gasteiger partial charge < -0.3 is 9.13 Å². The highest BCUT2D eigenvalue weighted by Crippen LogP contribution is 2.39. The van der Waals surface area contributed by atoms with E-state index in [1.54, 1.807) is 0 Å².